The summed E-state index contributed by atoms with van der Waals surface area (Å²) in [4.78, 5) is 13.5. The van der Waals surface area contributed by atoms with Gasteiger partial charge in [0, 0.05) is 12.1 Å². The highest BCUT2D eigenvalue weighted by atomic mass is 19.1. The fourth-order valence-electron chi connectivity index (χ4n) is 2.37. The fourth-order valence-corrected chi connectivity index (χ4v) is 2.37. The van der Waals surface area contributed by atoms with Gasteiger partial charge >= 0.3 is 5.97 Å². The molecule has 1 fully saturated rings. The van der Waals surface area contributed by atoms with E-state index in [1.54, 1.807) is 0 Å². The zero-order valence-electron chi connectivity index (χ0n) is 10.9. The van der Waals surface area contributed by atoms with Crippen LogP contribution >= 0.6 is 0 Å². The largest absolute Gasteiger partial charge is 0.465 e. The number of benzene rings is 1. The Kier molecular flexibility index (Phi) is 4.47. The fraction of sp³-hybridized carbons (Fsp3) is 0.500. The highest BCUT2D eigenvalue weighted by Gasteiger charge is 2.22. The van der Waals surface area contributed by atoms with Crippen LogP contribution < -0.4 is 0 Å². The number of hydrogen-bond acceptors (Lipinski definition) is 3. The number of likely N-dealkylation sites (tertiary alicyclic amines) is 1. The second-order valence-electron chi connectivity index (χ2n) is 4.72. The molecule has 0 radical (unpaired) electrons. The summed E-state index contributed by atoms with van der Waals surface area (Å²) in [6, 6.07) is 2.51. The first kappa shape index (κ1) is 13.9. The average Bonchev–Trinajstić information content (AvgIpc) is 2.43. The van der Waals surface area contributed by atoms with Gasteiger partial charge in [0.05, 0.1) is 7.11 Å². The minimum absolute atomic E-state index is 0.337. The van der Waals surface area contributed by atoms with E-state index >= 15 is 0 Å². The van der Waals surface area contributed by atoms with Crippen LogP contribution in [-0.2, 0) is 11.3 Å². The molecular formula is C14H17F2NO2. The van der Waals surface area contributed by atoms with Crippen LogP contribution in [0.1, 0.15) is 35.2 Å². The molecule has 5 heteroatoms. The molecule has 0 spiro atoms. The van der Waals surface area contributed by atoms with E-state index in [0.29, 0.717) is 12.1 Å². The van der Waals surface area contributed by atoms with E-state index in [1.807, 2.05) is 0 Å². The first-order valence-electron chi connectivity index (χ1n) is 6.41. The third kappa shape index (κ3) is 3.10. The maximum atomic E-state index is 14.2. The van der Waals surface area contributed by atoms with Gasteiger partial charge in [0.25, 0.3) is 0 Å². The van der Waals surface area contributed by atoms with E-state index in [2.05, 4.69) is 9.64 Å². The average molecular weight is 269 g/mol. The smallest absolute Gasteiger partial charge is 0.343 e. The molecule has 0 saturated carbocycles. The van der Waals surface area contributed by atoms with Crippen LogP contribution in [0.3, 0.4) is 0 Å². The van der Waals surface area contributed by atoms with E-state index < -0.39 is 23.2 Å². The van der Waals surface area contributed by atoms with Gasteiger partial charge in [0.1, 0.15) is 17.2 Å². The molecule has 1 aromatic rings. The lowest BCUT2D eigenvalue weighted by Crippen LogP contribution is -2.29. The molecule has 1 aliphatic heterocycles. The van der Waals surface area contributed by atoms with Crippen molar-refractivity contribution in [2.24, 2.45) is 0 Å². The van der Waals surface area contributed by atoms with Gasteiger partial charge < -0.3 is 4.74 Å². The zero-order chi connectivity index (χ0) is 13.8. The van der Waals surface area contributed by atoms with Gasteiger partial charge in [-0.15, -0.1) is 0 Å². The maximum Gasteiger partial charge on any atom is 0.343 e. The molecule has 0 atom stereocenters. The summed E-state index contributed by atoms with van der Waals surface area (Å²) in [7, 11) is 1.11. The van der Waals surface area contributed by atoms with Crippen LogP contribution in [-0.4, -0.2) is 31.1 Å². The van der Waals surface area contributed by atoms with Crippen LogP contribution in [0.4, 0.5) is 8.78 Å². The van der Waals surface area contributed by atoms with E-state index in [-0.39, 0.29) is 0 Å². The topological polar surface area (TPSA) is 29.5 Å². The molecule has 0 aliphatic carbocycles. The SMILES string of the molecule is COC(=O)c1c(F)ccc(CN2CCCCC2)c1F. The Labute approximate surface area is 111 Å². The Bertz CT molecular complexity index is 471. The van der Waals surface area contributed by atoms with E-state index in [9.17, 15) is 13.6 Å². The number of methoxy groups -OCH3 is 1. The molecule has 1 heterocycles. The first-order chi connectivity index (χ1) is 9.13. The van der Waals surface area contributed by atoms with Crippen molar-refractivity contribution in [1.82, 2.24) is 4.90 Å². The molecule has 0 unspecified atom stereocenters. The number of rotatable bonds is 3. The van der Waals surface area contributed by atoms with Crippen molar-refractivity contribution in [2.75, 3.05) is 20.2 Å². The van der Waals surface area contributed by atoms with Crippen LogP contribution in [0, 0.1) is 11.6 Å². The highest BCUT2D eigenvalue weighted by molar-refractivity contribution is 5.90. The van der Waals surface area contributed by atoms with Gasteiger partial charge in [-0.3, -0.25) is 4.90 Å². The molecule has 104 valence electrons. The number of esters is 1. The molecular weight excluding hydrogens is 252 g/mol. The quantitative estimate of drug-likeness (QED) is 0.790. The van der Waals surface area contributed by atoms with Crippen molar-refractivity contribution < 1.29 is 18.3 Å². The Hall–Kier alpha value is -1.49. The van der Waals surface area contributed by atoms with Gasteiger partial charge in [-0.25, -0.2) is 13.6 Å². The van der Waals surface area contributed by atoms with Crippen molar-refractivity contribution in [3.63, 3.8) is 0 Å². The van der Waals surface area contributed by atoms with Crippen molar-refractivity contribution >= 4 is 5.97 Å². The Morgan fingerprint density at radius 3 is 2.58 bits per heavy atom. The molecule has 0 N–H and O–H groups in total. The molecule has 2 rings (SSSR count). The van der Waals surface area contributed by atoms with Gasteiger partial charge in [0.2, 0.25) is 0 Å². The predicted molar refractivity (Wildman–Crippen MR) is 66.8 cm³/mol. The number of hydrogen-bond donors (Lipinski definition) is 0. The van der Waals surface area contributed by atoms with E-state index in [1.165, 1.54) is 12.5 Å². The highest BCUT2D eigenvalue weighted by Crippen LogP contribution is 2.21. The summed E-state index contributed by atoms with van der Waals surface area (Å²) in [5.74, 6) is -2.67. The second kappa shape index (κ2) is 6.10. The van der Waals surface area contributed by atoms with Crippen LogP contribution in [0.5, 0.6) is 0 Å². The predicted octanol–water partition coefficient (Wildman–Crippen LogP) is 2.74. The van der Waals surface area contributed by atoms with Crippen molar-refractivity contribution in [3.8, 4) is 0 Å². The van der Waals surface area contributed by atoms with Crippen LogP contribution in [0.25, 0.3) is 0 Å². The lowest BCUT2D eigenvalue weighted by Gasteiger charge is -2.26. The monoisotopic (exact) mass is 269 g/mol. The first-order valence-corrected chi connectivity index (χ1v) is 6.41. The van der Waals surface area contributed by atoms with Crippen molar-refractivity contribution in [1.29, 1.82) is 0 Å². The minimum atomic E-state index is -0.976. The number of carbonyl (C=O) groups excluding carboxylic acids is 1. The normalized spacial score (nSPS) is 16.4. The van der Waals surface area contributed by atoms with Crippen molar-refractivity contribution in [2.45, 2.75) is 25.8 Å². The molecule has 1 saturated heterocycles. The third-order valence-electron chi connectivity index (χ3n) is 3.40. The second-order valence-corrected chi connectivity index (χ2v) is 4.72. The summed E-state index contributed by atoms with van der Waals surface area (Å²) in [5, 5.41) is 0. The molecule has 19 heavy (non-hydrogen) atoms. The van der Waals surface area contributed by atoms with Gasteiger partial charge in [0.15, 0.2) is 0 Å². The Morgan fingerprint density at radius 1 is 1.26 bits per heavy atom. The van der Waals surface area contributed by atoms with Crippen molar-refractivity contribution in [3.05, 3.63) is 34.9 Å². The lowest BCUT2D eigenvalue weighted by molar-refractivity contribution is 0.0589. The molecule has 0 bridgehead atoms. The summed E-state index contributed by atoms with van der Waals surface area (Å²) in [5.41, 5.74) is -0.263. The number of carbonyl (C=O) groups is 1. The zero-order valence-corrected chi connectivity index (χ0v) is 10.9. The Morgan fingerprint density at radius 2 is 1.95 bits per heavy atom. The van der Waals surface area contributed by atoms with E-state index in [0.717, 1.165) is 39.1 Å². The number of nitrogens with zero attached hydrogens (tertiary/aromatic N) is 1. The number of ether oxygens (including phenoxy) is 1. The van der Waals surface area contributed by atoms with Gasteiger partial charge in [-0.05, 0) is 32.0 Å². The molecule has 1 aromatic carbocycles. The number of piperidine rings is 1. The molecule has 0 aromatic heterocycles. The summed E-state index contributed by atoms with van der Waals surface area (Å²) < 4.78 is 32.1. The van der Waals surface area contributed by atoms with Gasteiger partial charge in [-0.1, -0.05) is 12.5 Å². The molecule has 1 aliphatic rings. The minimum Gasteiger partial charge on any atom is -0.465 e. The Balaban J connectivity index is 2.23. The summed E-state index contributed by atoms with van der Waals surface area (Å²) in [6.07, 6.45) is 3.37. The third-order valence-corrected chi connectivity index (χ3v) is 3.40. The van der Waals surface area contributed by atoms with Gasteiger partial charge in [-0.2, -0.15) is 0 Å². The van der Waals surface area contributed by atoms with E-state index in [4.69, 9.17) is 0 Å². The summed E-state index contributed by atoms with van der Waals surface area (Å²) in [6.45, 7) is 2.21. The summed E-state index contributed by atoms with van der Waals surface area (Å²) >= 11 is 0. The molecule has 3 nitrogen and oxygen atoms in total. The number of halogens is 2. The lowest BCUT2D eigenvalue weighted by atomic mass is 10.1. The van der Waals surface area contributed by atoms with Crippen LogP contribution in [0.2, 0.25) is 0 Å². The maximum absolute atomic E-state index is 14.2. The van der Waals surface area contributed by atoms with Crippen LogP contribution in [0.15, 0.2) is 12.1 Å². The standard InChI is InChI=1S/C14H17F2NO2/c1-19-14(18)12-11(15)6-5-10(13(12)16)9-17-7-3-2-4-8-17/h5-6H,2-4,7-9H2,1H3. The molecule has 0 amide bonds.